The zero-order valence-electron chi connectivity index (χ0n) is 9.50. The number of nitrogens with two attached hydrogens (primary N) is 1. The predicted molar refractivity (Wildman–Crippen MR) is 59.5 cm³/mol. The van der Waals surface area contributed by atoms with E-state index in [0.717, 1.165) is 38.6 Å². The second kappa shape index (κ2) is 6.80. The SMILES string of the molecule is CCCNC(=O)COC1CCCC(N)C1. The van der Waals surface area contributed by atoms with E-state index in [0.29, 0.717) is 0 Å². The molecule has 0 aliphatic heterocycles. The molecule has 1 rings (SSSR count). The van der Waals surface area contributed by atoms with Gasteiger partial charge in [0.1, 0.15) is 6.61 Å². The van der Waals surface area contributed by atoms with Crippen LogP contribution in [0.4, 0.5) is 0 Å². The third kappa shape index (κ3) is 5.14. The quantitative estimate of drug-likeness (QED) is 0.711. The lowest BCUT2D eigenvalue weighted by molar-refractivity contribution is -0.128. The van der Waals surface area contributed by atoms with Crippen molar-refractivity contribution < 1.29 is 9.53 Å². The van der Waals surface area contributed by atoms with Crippen molar-refractivity contribution in [3.8, 4) is 0 Å². The Labute approximate surface area is 91.5 Å². The molecule has 3 N–H and O–H groups in total. The molecule has 0 saturated heterocycles. The molecule has 0 aromatic carbocycles. The molecule has 1 aliphatic rings. The molecule has 15 heavy (non-hydrogen) atoms. The molecule has 88 valence electrons. The van der Waals surface area contributed by atoms with E-state index in [9.17, 15) is 4.79 Å². The van der Waals surface area contributed by atoms with Crippen molar-refractivity contribution in [2.45, 2.75) is 51.2 Å². The van der Waals surface area contributed by atoms with Gasteiger partial charge in [0, 0.05) is 12.6 Å². The number of carbonyl (C=O) groups is 1. The van der Waals surface area contributed by atoms with Crippen LogP contribution in [0, 0.1) is 0 Å². The lowest BCUT2D eigenvalue weighted by Gasteiger charge is -2.26. The highest BCUT2D eigenvalue weighted by molar-refractivity contribution is 5.77. The molecule has 2 atom stereocenters. The van der Waals surface area contributed by atoms with Crippen molar-refractivity contribution in [3.05, 3.63) is 0 Å². The van der Waals surface area contributed by atoms with Gasteiger partial charge in [0.2, 0.25) is 5.91 Å². The van der Waals surface area contributed by atoms with Gasteiger partial charge in [-0.3, -0.25) is 4.79 Å². The van der Waals surface area contributed by atoms with Gasteiger partial charge in [-0.15, -0.1) is 0 Å². The molecule has 0 heterocycles. The monoisotopic (exact) mass is 214 g/mol. The van der Waals surface area contributed by atoms with Crippen LogP contribution in [-0.2, 0) is 9.53 Å². The van der Waals surface area contributed by atoms with Crippen LogP contribution >= 0.6 is 0 Å². The summed E-state index contributed by atoms with van der Waals surface area (Å²) in [6.07, 6.45) is 5.27. The molecule has 0 aromatic rings. The van der Waals surface area contributed by atoms with Gasteiger partial charge in [-0.25, -0.2) is 0 Å². The van der Waals surface area contributed by atoms with E-state index in [1.807, 2.05) is 6.92 Å². The number of amides is 1. The number of nitrogens with one attached hydrogen (secondary N) is 1. The van der Waals surface area contributed by atoms with Crippen molar-refractivity contribution >= 4 is 5.91 Å². The molecule has 4 nitrogen and oxygen atoms in total. The fourth-order valence-electron chi connectivity index (χ4n) is 1.84. The number of ether oxygens (including phenoxy) is 1. The average Bonchev–Trinajstić information content (AvgIpc) is 2.23. The second-order valence-electron chi connectivity index (χ2n) is 4.21. The van der Waals surface area contributed by atoms with Crippen molar-refractivity contribution in [1.82, 2.24) is 5.32 Å². The Morgan fingerprint density at radius 2 is 2.33 bits per heavy atom. The first-order chi connectivity index (χ1) is 7.22. The minimum atomic E-state index is -0.0176. The molecule has 0 spiro atoms. The van der Waals surface area contributed by atoms with Crippen LogP contribution in [0.2, 0.25) is 0 Å². The van der Waals surface area contributed by atoms with Gasteiger partial charge in [0.05, 0.1) is 6.10 Å². The van der Waals surface area contributed by atoms with Crippen molar-refractivity contribution in [2.75, 3.05) is 13.2 Å². The highest BCUT2D eigenvalue weighted by Crippen LogP contribution is 2.19. The van der Waals surface area contributed by atoms with Crippen LogP contribution in [0.5, 0.6) is 0 Å². The van der Waals surface area contributed by atoms with Gasteiger partial charge < -0.3 is 15.8 Å². The summed E-state index contributed by atoms with van der Waals surface area (Å²) in [7, 11) is 0. The highest BCUT2D eigenvalue weighted by atomic mass is 16.5. The lowest BCUT2D eigenvalue weighted by atomic mass is 9.94. The number of rotatable bonds is 5. The van der Waals surface area contributed by atoms with Crippen molar-refractivity contribution in [1.29, 1.82) is 0 Å². The van der Waals surface area contributed by atoms with Crippen LogP contribution in [0.25, 0.3) is 0 Å². The summed E-state index contributed by atoms with van der Waals surface area (Å²) in [5.74, 6) is -0.0176. The zero-order valence-corrected chi connectivity index (χ0v) is 9.50. The third-order valence-corrected chi connectivity index (χ3v) is 2.69. The first-order valence-electron chi connectivity index (χ1n) is 5.86. The number of hydrogen-bond acceptors (Lipinski definition) is 3. The zero-order chi connectivity index (χ0) is 11.1. The molecule has 0 bridgehead atoms. The van der Waals surface area contributed by atoms with E-state index < -0.39 is 0 Å². The van der Waals surface area contributed by atoms with Gasteiger partial charge >= 0.3 is 0 Å². The smallest absolute Gasteiger partial charge is 0.246 e. The van der Waals surface area contributed by atoms with E-state index >= 15 is 0 Å². The minimum absolute atomic E-state index is 0.0176. The summed E-state index contributed by atoms with van der Waals surface area (Å²) >= 11 is 0. The van der Waals surface area contributed by atoms with Gasteiger partial charge in [-0.05, 0) is 32.1 Å². The van der Waals surface area contributed by atoms with E-state index in [4.69, 9.17) is 10.5 Å². The fourth-order valence-corrected chi connectivity index (χ4v) is 1.84. The molecule has 1 fully saturated rings. The molecular formula is C11H22N2O2. The Hall–Kier alpha value is -0.610. The van der Waals surface area contributed by atoms with Crippen LogP contribution in [0.15, 0.2) is 0 Å². The normalized spacial score (nSPS) is 26.3. The van der Waals surface area contributed by atoms with Crippen LogP contribution in [0.1, 0.15) is 39.0 Å². The summed E-state index contributed by atoms with van der Waals surface area (Å²) < 4.78 is 5.52. The predicted octanol–water partition coefficient (Wildman–Crippen LogP) is 0.799. The maximum absolute atomic E-state index is 11.3. The molecule has 0 aromatic heterocycles. The highest BCUT2D eigenvalue weighted by Gasteiger charge is 2.20. The number of carbonyl (C=O) groups excluding carboxylic acids is 1. The first kappa shape index (κ1) is 12.5. The van der Waals surface area contributed by atoms with Crippen LogP contribution < -0.4 is 11.1 Å². The Kier molecular flexibility index (Phi) is 5.65. The van der Waals surface area contributed by atoms with E-state index in [2.05, 4.69) is 5.32 Å². The van der Waals surface area contributed by atoms with Crippen LogP contribution in [0.3, 0.4) is 0 Å². The van der Waals surface area contributed by atoms with Gasteiger partial charge in [-0.1, -0.05) is 6.92 Å². The van der Waals surface area contributed by atoms with Gasteiger partial charge in [0.25, 0.3) is 0 Å². The molecule has 1 aliphatic carbocycles. The van der Waals surface area contributed by atoms with Crippen molar-refractivity contribution in [2.24, 2.45) is 5.73 Å². The molecule has 1 saturated carbocycles. The minimum Gasteiger partial charge on any atom is -0.368 e. The average molecular weight is 214 g/mol. The maximum Gasteiger partial charge on any atom is 0.246 e. The van der Waals surface area contributed by atoms with Crippen LogP contribution in [-0.4, -0.2) is 31.2 Å². The Bertz CT molecular complexity index is 197. The Balaban J connectivity index is 2.10. The number of hydrogen-bond donors (Lipinski definition) is 2. The standard InChI is InChI=1S/C11H22N2O2/c1-2-6-13-11(14)8-15-10-5-3-4-9(12)7-10/h9-10H,2-8,12H2,1H3,(H,13,14). The molecule has 0 radical (unpaired) electrons. The van der Waals surface area contributed by atoms with Gasteiger partial charge in [0.15, 0.2) is 0 Å². The summed E-state index contributed by atoms with van der Waals surface area (Å²) in [4.78, 5) is 11.3. The van der Waals surface area contributed by atoms with E-state index in [1.54, 1.807) is 0 Å². The molecular weight excluding hydrogens is 192 g/mol. The second-order valence-corrected chi connectivity index (χ2v) is 4.21. The first-order valence-corrected chi connectivity index (χ1v) is 5.86. The van der Waals surface area contributed by atoms with Gasteiger partial charge in [-0.2, -0.15) is 0 Å². The molecule has 1 amide bonds. The third-order valence-electron chi connectivity index (χ3n) is 2.69. The largest absolute Gasteiger partial charge is 0.368 e. The summed E-state index contributed by atoms with van der Waals surface area (Å²) in [6.45, 7) is 2.94. The Morgan fingerprint density at radius 1 is 1.53 bits per heavy atom. The maximum atomic E-state index is 11.3. The fraction of sp³-hybridized carbons (Fsp3) is 0.909. The summed E-state index contributed by atoms with van der Waals surface area (Å²) in [5, 5.41) is 2.79. The molecule has 4 heteroatoms. The Morgan fingerprint density at radius 3 is 3.00 bits per heavy atom. The summed E-state index contributed by atoms with van der Waals surface area (Å²) in [6, 6.07) is 0.252. The topological polar surface area (TPSA) is 64.3 Å². The lowest BCUT2D eigenvalue weighted by Crippen LogP contribution is -2.35. The van der Waals surface area contributed by atoms with E-state index in [-0.39, 0.29) is 24.7 Å². The van der Waals surface area contributed by atoms with Crippen molar-refractivity contribution in [3.63, 3.8) is 0 Å². The molecule has 2 unspecified atom stereocenters. The summed E-state index contributed by atoms with van der Waals surface area (Å²) in [5.41, 5.74) is 5.83. The van der Waals surface area contributed by atoms with E-state index in [1.165, 1.54) is 0 Å².